The molecule has 0 aliphatic carbocycles. The highest BCUT2D eigenvalue weighted by Crippen LogP contribution is 2.37. The highest BCUT2D eigenvalue weighted by molar-refractivity contribution is 7.86. The zero-order chi connectivity index (χ0) is 33.4. The smallest absolute Gasteiger partial charge is 0.382 e. The van der Waals surface area contributed by atoms with Gasteiger partial charge < -0.3 is 19.2 Å². The number of nitrogens with zero attached hydrogens (tertiary/aromatic N) is 2. The van der Waals surface area contributed by atoms with Crippen molar-refractivity contribution < 1.29 is 35.7 Å². The second kappa shape index (κ2) is 12.6. The van der Waals surface area contributed by atoms with Crippen LogP contribution in [0.1, 0.15) is 19.4 Å². The molecule has 0 radical (unpaired) electrons. The Morgan fingerprint density at radius 2 is 1.54 bits per heavy atom. The average molecular weight is 656 g/mol. The summed E-state index contributed by atoms with van der Waals surface area (Å²) in [5.74, 6) is -1.69. The van der Waals surface area contributed by atoms with E-state index in [9.17, 15) is 36.3 Å². The number of carbonyl (C=O) groups excluding carboxylic acids is 1. The molecular formula is C33H32F3N3O6S. The fourth-order valence-electron chi connectivity index (χ4n) is 5.58. The lowest BCUT2D eigenvalue weighted by molar-refractivity contribution is -0.215. The number of fused-ring (bicyclic) bond motifs is 3. The van der Waals surface area contributed by atoms with Crippen LogP contribution in [-0.2, 0) is 28.0 Å². The average Bonchev–Trinajstić information content (AvgIpc) is 3.30. The molecule has 1 amide bonds. The molecule has 2 N–H and O–H groups in total. The fourth-order valence-corrected chi connectivity index (χ4v) is 6.04. The Morgan fingerprint density at radius 1 is 0.913 bits per heavy atom. The molecule has 2 unspecified atom stereocenters. The number of carbonyl (C=O) groups is 1. The summed E-state index contributed by atoms with van der Waals surface area (Å²) in [7, 11) is -3.97. The number of para-hydroxylation sites is 1. The molecule has 0 saturated heterocycles. The Labute approximate surface area is 263 Å². The van der Waals surface area contributed by atoms with Crippen LogP contribution in [0.25, 0.3) is 33.1 Å². The highest BCUT2D eigenvalue weighted by Gasteiger charge is 2.45. The zero-order valence-corrected chi connectivity index (χ0v) is 26.0. The largest absolute Gasteiger partial charge is 0.416 e. The first-order valence-corrected chi connectivity index (χ1v) is 16.2. The van der Waals surface area contributed by atoms with Crippen molar-refractivity contribution in [3.63, 3.8) is 0 Å². The van der Waals surface area contributed by atoms with Crippen LogP contribution in [0.15, 0.2) is 89.7 Å². The molecule has 0 bridgehead atoms. The van der Waals surface area contributed by atoms with Crippen molar-refractivity contribution in [1.82, 2.24) is 14.5 Å². The van der Waals surface area contributed by atoms with Crippen LogP contribution in [0.5, 0.6) is 5.75 Å². The second-order valence-electron chi connectivity index (χ2n) is 11.4. The Hall–Kier alpha value is -4.62. The third-order valence-corrected chi connectivity index (χ3v) is 8.10. The quantitative estimate of drug-likeness (QED) is 0.203. The van der Waals surface area contributed by atoms with Gasteiger partial charge in [-0.15, -0.1) is 0 Å². The van der Waals surface area contributed by atoms with Crippen molar-refractivity contribution >= 4 is 37.8 Å². The molecule has 3 aromatic carbocycles. The van der Waals surface area contributed by atoms with E-state index in [1.165, 1.54) is 24.5 Å². The predicted molar refractivity (Wildman–Crippen MR) is 169 cm³/mol. The van der Waals surface area contributed by atoms with Crippen LogP contribution in [0, 0.1) is 5.92 Å². The molecule has 0 fully saturated rings. The molecule has 0 aliphatic heterocycles. The molecule has 2 heterocycles. The van der Waals surface area contributed by atoms with Gasteiger partial charge >= 0.3 is 16.3 Å². The molecule has 46 heavy (non-hydrogen) atoms. The van der Waals surface area contributed by atoms with Crippen LogP contribution in [0.2, 0.25) is 0 Å². The third-order valence-electron chi connectivity index (χ3n) is 7.62. The summed E-state index contributed by atoms with van der Waals surface area (Å²) in [6.45, 7) is 2.34. The molecule has 2 atom stereocenters. The molecule has 0 aliphatic rings. The normalized spacial score (nSPS) is 13.7. The highest BCUT2D eigenvalue weighted by atomic mass is 32.2. The Kier molecular flexibility index (Phi) is 9.00. The molecule has 242 valence electrons. The summed E-state index contributed by atoms with van der Waals surface area (Å²) < 4.78 is 72.8. The maximum absolute atomic E-state index is 14.5. The van der Waals surface area contributed by atoms with Crippen molar-refractivity contribution in [1.29, 1.82) is 0 Å². The summed E-state index contributed by atoms with van der Waals surface area (Å²) in [6, 6.07) is 22.6. The molecule has 13 heteroatoms. The third kappa shape index (κ3) is 6.80. The maximum Gasteiger partial charge on any atom is 0.416 e. The van der Waals surface area contributed by atoms with Gasteiger partial charge in [-0.1, -0.05) is 86.6 Å². The lowest BCUT2D eigenvalue weighted by Gasteiger charge is -2.29. The van der Waals surface area contributed by atoms with Gasteiger partial charge in [0.15, 0.2) is 11.9 Å². The number of hydrogen-bond acceptors (Lipinski definition) is 6. The van der Waals surface area contributed by atoms with E-state index >= 15 is 0 Å². The monoisotopic (exact) mass is 655 g/mol. The van der Waals surface area contributed by atoms with Crippen molar-refractivity contribution in [2.24, 2.45) is 5.92 Å². The summed E-state index contributed by atoms with van der Waals surface area (Å²) in [5, 5.41) is 13.2. The van der Waals surface area contributed by atoms with Crippen LogP contribution >= 0.6 is 0 Å². The first kappa shape index (κ1) is 32.8. The number of benzene rings is 3. The Balaban J connectivity index is 1.77. The maximum atomic E-state index is 14.5. The number of amides is 1. The standard InChI is InChI=1S/C33H32F3N3O6S/c1-20(2)28(31(41)33(34,35)36)37-27(40)19-38-25(22-13-8-5-9-14-22)17-24-23-15-10-16-26(45-46(3,43)44)29(23)39(30(24)32(38)42)18-21-11-6-4-7-12-21/h4-17,20,28,31,41H,18-19H2,1-3H3,(H,37,40). The van der Waals surface area contributed by atoms with Gasteiger partial charge in [-0.25, -0.2) is 0 Å². The van der Waals surface area contributed by atoms with E-state index in [-0.39, 0.29) is 17.8 Å². The van der Waals surface area contributed by atoms with Gasteiger partial charge in [0, 0.05) is 17.3 Å². The van der Waals surface area contributed by atoms with Gasteiger partial charge in [-0.05, 0) is 29.2 Å². The van der Waals surface area contributed by atoms with E-state index < -0.39 is 52.4 Å². The second-order valence-corrected chi connectivity index (χ2v) is 13.0. The zero-order valence-electron chi connectivity index (χ0n) is 25.2. The molecule has 2 aromatic heterocycles. The number of aromatic nitrogens is 2. The van der Waals surface area contributed by atoms with Gasteiger partial charge in [0.05, 0.1) is 23.5 Å². The van der Waals surface area contributed by atoms with Gasteiger partial charge in [0.1, 0.15) is 12.1 Å². The van der Waals surface area contributed by atoms with E-state index in [0.717, 1.165) is 11.8 Å². The number of aliphatic hydroxyl groups excluding tert-OH is 1. The van der Waals surface area contributed by atoms with Crippen molar-refractivity contribution in [3.05, 3.63) is 101 Å². The van der Waals surface area contributed by atoms with Crippen molar-refractivity contribution in [3.8, 4) is 17.0 Å². The van der Waals surface area contributed by atoms with E-state index in [4.69, 9.17) is 4.18 Å². The lowest BCUT2D eigenvalue weighted by atomic mass is 9.98. The molecule has 9 nitrogen and oxygen atoms in total. The minimum absolute atomic E-state index is 0.00185. The molecular weight excluding hydrogens is 623 g/mol. The van der Waals surface area contributed by atoms with Crippen LogP contribution in [0.3, 0.4) is 0 Å². The number of nitrogens with one attached hydrogen (secondary N) is 1. The topological polar surface area (TPSA) is 120 Å². The number of aliphatic hydroxyl groups is 1. The summed E-state index contributed by atoms with van der Waals surface area (Å²) in [5.41, 5.74) is 1.47. The number of pyridine rings is 1. The summed E-state index contributed by atoms with van der Waals surface area (Å²) in [4.78, 5) is 27.9. The predicted octanol–water partition coefficient (Wildman–Crippen LogP) is 5.07. The minimum Gasteiger partial charge on any atom is -0.382 e. The summed E-state index contributed by atoms with van der Waals surface area (Å²) in [6.07, 6.45) is -6.88. The van der Waals surface area contributed by atoms with Crippen molar-refractivity contribution in [2.75, 3.05) is 6.26 Å². The number of rotatable bonds is 10. The van der Waals surface area contributed by atoms with Crippen molar-refractivity contribution in [2.45, 2.75) is 45.3 Å². The SMILES string of the molecule is CC(C)C(NC(=O)Cn1c(-c2ccccc2)cc2c3cccc(OS(C)(=O)=O)c3n(Cc3ccccc3)c2c1=O)C(O)C(F)(F)F. The number of alkyl halides is 3. The molecule has 5 aromatic rings. The number of hydrogen-bond donors (Lipinski definition) is 2. The lowest BCUT2D eigenvalue weighted by Crippen LogP contribution is -2.53. The van der Waals surface area contributed by atoms with E-state index in [1.54, 1.807) is 53.1 Å². The summed E-state index contributed by atoms with van der Waals surface area (Å²) >= 11 is 0. The molecule has 0 spiro atoms. The minimum atomic E-state index is -4.97. The first-order chi connectivity index (χ1) is 21.7. The van der Waals surface area contributed by atoms with Gasteiger partial charge in [-0.3, -0.25) is 14.2 Å². The molecule has 0 saturated carbocycles. The number of halogens is 3. The van der Waals surface area contributed by atoms with Gasteiger partial charge in [0.2, 0.25) is 5.91 Å². The van der Waals surface area contributed by atoms with Gasteiger partial charge in [-0.2, -0.15) is 21.6 Å². The first-order valence-electron chi connectivity index (χ1n) is 14.4. The van der Waals surface area contributed by atoms with Crippen LogP contribution < -0.4 is 15.1 Å². The Bertz CT molecular complexity index is 2060. The van der Waals surface area contributed by atoms with E-state index in [2.05, 4.69) is 5.32 Å². The van der Waals surface area contributed by atoms with E-state index in [1.807, 2.05) is 30.3 Å². The van der Waals surface area contributed by atoms with Crippen LogP contribution in [0.4, 0.5) is 13.2 Å². The van der Waals surface area contributed by atoms with Gasteiger partial charge in [0.25, 0.3) is 5.56 Å². The fraction of sp³-hybridized carbons (Fsp3) is 0.273. The molecule has 5 rings (SSSR count). The van der Waals surface area contributed by atoms with Crippen LogP contribution in [-0.4, -0.2) is 53.1 Å². The Morgan fingerprint density at radius 3 is 2.13 bits per heavy atom. The van der Waals surface area contributed by atoms with E-state index in [0.29, 0.717) is 27.5 Å².